The van der Waals surface area contributed by atoms with E-state index in [2.05, 4.69) is 5.32 Å². The summed E-state index contributed by atoms with van der Waals surface area (Å²) in [5.74, 6) is 1.22. The summed E-state index contributed by atoms with van der Waals surface area (Å²) in [4.78, 5) is 13.8. The molecule has 0 spiro atoms. The van der Waals surface area contributed by atoms with Crippen LogP contribution < -0.4 is 5.32 Å². The lowest BCUT2D eigenvalue weighted by molar-refractivity contribution is 0.00578. The number of ether oxygens (including phenoxy) is 1. The molecular formula is C12H22N2O2. The Morgan fingerprint density at radius 1 is 1.25 bits per heavy atom. The van der Waals surface area contributed by atoms with Crippen molar-refractivity contribution in [2.45, 2.75) is 32.8 Å². The highest BCUT2D eigenvalue weighted by Crippen LogP contribution is 2.25. The minimum atomic E-state index is -0.387. The van der Waals surface area contributed by atoms with Gasteiger partial charge in [-0.2, -0.15) is 0 Å². The zero-order valence-corrected chi connectivity index (χ0v) is 10.5. The van der Waals surface area contributed by atoms with Crippen molar-refractivity contribution >= 4 is 6.09 Å². The van der Waals surface area contributed by atoms with Crippen LogP contribution in [0.1, 0.15) is 27.2 Å². The minimum absolute atomic E-state index is 0.149. The summed E-state index contributed by atoms with van der Waals surface area (Å²) in [5.41, 5.74) is -0.387. The van der Waals surface area contributed by atoms with Crippen LogP contribution in [0, 0.1) is 11.8 Å². The number of amides is 1. The summed E-state index contributed by atoms with van der Waals surface area (Å²) >= 11 is 0. The largest absolute Gasteiger partial charge is 0.444 e. The lowest BCUT2D eigenvalue weighted by Crippen LogP contribution is -2.53. The van der Waals surface area contributed by atoms with Crippen LogP contribution >= 0.6 is 0 Å². The van der Waals surface area contributed by atoms with Crippen LogP contribution in [0.2, 0.25) is 0 Å². The van der Waals surface area contributed by atoms with Crippen molar-refractivity contribution in [1.29, 1.82) is 0 Å². The number of likely N-dealkylation sites (tertiary alicyclic amines) is 1. The molecule has 2 bridgehead atoms. The Kier molecular flexibility index (Phi) is 3.10. The van der Waals surface area contributed by atoms with Gasteiger partial charge in [-0.25, -0.2) is 4.79 Å². The van der Waals surface area contributed by atoms with Gasteiger partial charge in [-0.1, -0.05) is 0 Å². The Labute approximate surface area is 97.3 Å². The highest BCUT2D eigenvalue weighted by molar-refractivity contribution is 5.68. The Hall–Kier alpha value is -0.770. The number of rotatable bonds is 0. The van der Waals surface area contributed by atoms with Gasteiger partial charge in [0.2, 0.25) is 0 Å². The third kappa shape index (κ3) is 2.88. The van der Waals surface area contributed by atoms with Gasteiger partial charge < -0.3 is 15.0 Å². The smallest absolute Gasteiger partial charge is 0.410 e. The maximum absolute atomic E-state index is 11.9. The summed E-state index contributed by atoms with van der Waals surface area (Å²) in [6.45, 7) is 9.51. The fourth-order valence-electron chi connectivity index (χ4n) is 2.58. The summed E-state index contributed by atoms with van der Waals surface area (Å²) in [5, 5.41) is 3.42. The number of carbonyl (C=O) groups excluding carboxylic acids is 1. The lowest BCUT2D eigenvalue weighted by atomic mass is 9.86. The molecule has 2 atom stereocenters. The van der Waals surface area contributed by atoms with Gasteiger partial charge >= 0.3 is 6.09 Å². The molecule has 0 aromatic carbocycles. The molecule has 2 saturated heterocycles. The van der Waals surface area contributed by atoms with Crippen molar-refractivity contribution in [3.05, 3.63) is 0 Å². The van der Waals surface area contributed by atoms with E-state index >= 15 is 0 Å². The molecule has 0 aromatic heterocycles. The predicted octanol–water partition coefficient (Wildman–Crippen LogP) is 1.46. The maximum Gasteiger partial charge on any atom is 0.410 e. The Bertz CT molecular complexity index is 261. The monoisotopic (exact) mass is 226 g/mol. The van der Waals surface area contributed by atoms with Crippen molar-refractivity contribution in [2.24, 2.45) is 11.8 Å². The van der Waals surface area contributed by atoms with Gasteiger partial charge in [0, 0.05) is 13.1 Å². The third-order valence-corrected chi connectivity index (χ3v) is 3.14. The average Bonchev–Trinajstić information content (AvgIpc) is 2.14. The molecule has 0 saturated carbocycles. The normalized spacial score (nSPS) is 30.1. The number of nitrogens with one attached hydrogen (secondary N) is 1. The Balaban J connectivity index is 1.92. The summed E-state index contributed by atoms with van der Waals surface area (Å²) in [6.07, 6.45) is 1.11. The number of nitrogens with zero attached hydrogens (tertiary/aromatic N) is 1. The number of hydrogen-bond donors (Lipinski definition) is 1. The van der Waals surface area contributed by atoms with Gasteiger partial charge in [-0.15, -0.1) is 0 Å². The van der Waals surface area contributed by atoms with Crippen LogP contribution in [0.5, 0.6) is 0 Å². The highest BCUT2D eigenvalue weighted by atomic mass is 16.6. The summed E-state index contributed by atoms with van der Waals surface area (Å²) < 4.78 is 5.41. The lowest BCUT2D eigenvalue weighted by Gasteiger charge is -2.41. The molecule has 1 N–H and O–H groups in total. The molecule has 2 fully saturated rings. The first-order chi connectivity index (χ1) is 7.44. The highest BCUT2D eigenvalue weighted by Gasteiger charge is 2.34. The maximum atomic E-state index is 11.9. The van der Waals surface area contributed by atoms with Crippen LogP contribution in [0.4, 0.5) is 4.79 Å². The van der Waals surface area contributed by atoms with Crippen molar-refractivity contribution < 1.29 is 9.53 Å². The second-order valence-corrected chi connectivity index (χ2v) is 6.01. The van der Waals surface area contributed by atoms with Crippen molar-refractivity contribution in [2.75, 3.05) is 26.2 Å². The zero-order chi connectivity index (χ0) is 11.8. The van der Waals surface area contributed by atoms with Gasteiger partial charge in [0.15, 0.2) is 0 Å². The molecule has 4 heteroatoms. The SMILES string of the molecule is CC(C)(C)OC(=O)N1C[C@H]2CNC[C@@H](C2)C1. The number of carbonyl (C=O) groups is 1. The van der Waals surface area contributed by atoms with E-state index < -0.39 is 0 Å². The topological polar surface area (TPSA) is 41.6 Å². The first-order valence-corrected chi connectivity index (χ1v) is 6.13. The summed E-state index contributed by atoms with van der Waals surface area (Å²) in [7, 11) is 0. The first-order valence-electron chi connectivity index (χ1n) is 6.13. The van der Waals surface area contributed by atoms with Gasteiger partial charge in [-0.05, 0) is 52.1 Å². The molecule has 16 heavy (non-hydrogen) atoms. The van der Waals surface area contributed by atoms with Gasteiger partial charge in [0.1, 0.15) is 5.60 Å². The minimum Gasteiger partial charge on any atom is -0.444 e. The van der Waals surface area contributed by atoms with Crippen LogP contribution in [0.15, 0.2) is 0 Å². The molecular weight excluding hydrogens is 204 g/mol. The van der Waals surface area contributed by atoms with Crippen molar-refractivity contribution in [1.82, 2.24) is 10.2 Å². The number of fused-ring (bicyclic) bond motifs is 2. The molecule has 0 unspecified atom stereocenters. The second-order valence-electron chi connectivity index (χ2n) is 6.01. The molecule has 92 valence electrons. The van der Waals surface area contributed by atoms with Crippen LogP contribution in [0.25, 0.3) is 0 Å². The standard InChI is InChI=1S/C12H22N2O2/c1-12(2,3)16-11(15)14-7-9-4-10(8-14)6-13-5-9/h9-10,13H,4-8H2,1-3H3/t9-,10-/m1/s1. The first kappa shape index (κ1) is 11.7. The Morgan fingerprint density at radius 2 is 1.81 bits per heavy atom. The number of piperidine rings is 2. The quantitative estimate of drug-likeness (QED) is 0.680. The van der Waals surface area contributed by atoms with Gasteiger partial charge in [0.25, 0.3) is 0 Å². The van der Waals surface area contributed by atoms with Gasteiger partial charge in [-0.3, -0.25) is 0 Å². The van der Waals surface area contributed by atoms with Crippen LogP contribution in [-0.2, 0) is 4.74 Å². The molecule has 0 aliphatic carbocycles. The zero-order valence-electron chi connectivity index (χ0n) is 10.5. The van der Waals surface area contributed by atoms with E-state index in [0.29, 0.717) is 11.8 Å². The summed E-state index contributed by atoms with van der Waals surface area (Å²) in [6, 6.07) is 0. The molecule has 4 nitrogen and oxygen atoms in total. The molecule has 1 amide bonds. The van der Waals surface area contributed by atoms with E-state index in [1.54, 1.807) is 0 Å². The Morgan fingerprint density at radius 3 is 2.31 bits per heavy atom. The molecule has 0 radical (unpaired) electrons. The number of hydrogen-bond acceptors (Lipinski definition) is 3. The van der Waals surface area contributed by atoms with E-state index in [4.69, 9.17) is 4.74 Å². The predicted molar refractivity (Wildman–Crippen MR) is 62.3 cm³/mol. The fraction of sp³-hybridized carbons (Fsp3) is 0.917. The van der Waals surface area contributed by atoms with Crippen molar-refractivity contribution in [3.8, 4) is 0 Å². The molecule has 2 aliphatic heterocycles. The van der Waals surface area contributed by atoms with Crippen LogP contribution in [-0.4, -0.2) is 42.8 Å². The van der Waals surface area contributed by atoms with Gasteiger partial charge in [0.05, 0.1) is 0 Å². The molecule has 2 heterocycles. The molecule has 2 aliphatic rings. The third-order valence-electron chi connectivity index (χ3n) is 3.14. The average molecular weight is 226 g/mol. The van der Waals surface area contributed by atoms with E-state index in [-0.39, 0.29) is 11.7 Å². The van der Waals surface area contributed by atoms with Crippen molar-refractivity contribution in [3.63, 3.8) is 0 Å². The van der Waals surface area contributed by atoms with E-state index in [9.17, 15) is 4.79 Å². The fourth-order valence-corrected chi connectivity index (χ4v) is 2.58. The molecule has 2 rings (SSSR count). The van der Waals surface area contributed by atoms with E-state index in [1.165, 1.54) is 6.42 Å². The molecule has 0 aromatic rings. The second kappa shape index (κ2) is 4.24. The van der Waals surface area contributed by atoms with E-state index in [1.807, 2.05) is 25.7 Å². The van der Waals surface area contributed by atoms with E-state index in [0.717, 1.165) is 26.2 Å². The van der Waals surface area contributed by atoms with Crippen LogP contribution in [0.3, 0.4) is 0 Å².